The summed E-state index contributed by atoms with van der Waals surface area (Å²) in [6, 6.07) is 4.29. The van der Waals surface area contributed by atoms with Crippen molar-refractivity contribution < 1.29 is 18.8 Å². The van der Waals surface area contributed by atoms with Gasteiger partial charge in [0.25, 0.3) is 5.89 Å². The Hall–Kier alpha value is -2.81. The summed E-state index contributed by atoms with van der Waals surface area (Å²) < 4.78 is 10.1. The van der Waals surface area contributed by atoms with Gasteiger partial charge in [0.05, 0.1) is 23.7 Å². The van der Waals surface area contributed by atoms with E-state index in [-0.39, 0.29) is 19.0 Å². The van der Waals surface area contributed by atoms with Gasteiger partial charge in [-0.3, -0.25) is 4.90 Å². The van der Waals surface area contributed by atoms with Crippen LogP contribution in [0.3, 0.4) is 0 Å². The Morgan fingerprint density at radius 1 is 1.52 bits per heavy atom. The number of urea groups is 1. The van der Waals surface area contributed by atoms with Crippen molar-refractivity contribution in [2.24, 2.45) is 5.73 Å². The standard InChI is InChI=1S/C13H12ClN5O4/c14-10-3-7(1-2-9(10)11-17-6-18-23-11)19-5-8(22-13(19)21)4-16-12(15)20/h1-3,6,8H,4-5H2,(H3,15,16,20). The molecule has 9 nitrogen and oxygen atoms in total. The lowest BCUT2D eigenvalue weighted by Crippen LogP contribution is -2.37. The lowest BCUT2D eigenvalue weighted by molar-refractivity contribution is 0.141. The number of halogens is 1. The van der Waals surface area contributed by atoms with Crippen LogP contribution in [0.2, 0.25) is 5.02 Å². The fourth-order valence-electron chi connectivity index (χ4n) is 2.19. The van der Waals surface area contributed by atoms with Crippen LogP contribution in [0.5, 0.6) is 0 Å². The molecule has 10 heteroatoms. The highest BCUT2D eigenvalue weighted by molar-refractivity contribution is 6.33. The van der Waals surface area contributed by atoms with Gasteiger partial charge in [-0.15, -0.1) is 0 Å². The molecule has 1 aromatic heterocycles. The lowest BCUT2D eigenvalue weighted by atomic mass is 10.2. The van der Waals surface area contributed by atoms with Crippen LogP contribution < -0.4 is 16.0 Å². The molecule has 120 valence electrons. The number of amides is 3. The molecule has 1 saturated heterocycles. The van der Waals surface area contributed by atoms with Gasteiger partial charge in [0, 0.05) is 5.69 Å². The maximum Gasteiger partial charge on any atom is 0.414 e. The number of carbonyl (C=O) groups excluding carboxylic acids is 2. The van der Waals surface area contributed by atoms with Gasteiger partial charge in [0.2, 0.25) is 0 Å². The average Bonchev–Trinajstić information content (AvgIpc) is 3.14. The highest BCUT2D eigenvalue weighted by Gasteiger charge is 2.32. The number of cyclic esters (lactones) is 1. The Morgan fingerprint density at radius 3 is 3.00 bits per heavy atom. The molecule has 1 aliphatic heterocycles. The van der Waals surface area contributed by atoms with Crippen LogP contribution in [-0.2, 0) is 4.74 Å². The molecule has 1 aromatic carbocycles. The minimum atomic E-state index is -0.675. The van der Waals surface area contributed by atoms with Gasteiger partial charge >= 0.3 is 12.1 Å². The molecule has 2 heterocycles. The maximum atomic E-state index is 11.9. The zero-order valence-corrected chi connectivity index (χ0v) is 12.5. The molecule has 3 amide bonds. The number of nitrogens with two attached hydrogens (primary N) is 1. The molecule has 23 heavy (non-hydrogen) atoms. The van der Waals surface area contributed by atoms with Crippen LogP contribution in [-0.4, -0.2) is 41.5 Å². The first-order valence-corrected chi connectivity index (χ1v) is 7.00. The molecule has 1 unspecified atom stereocenters. The van der Waals surface area contributed by atoms with Crippen LogP contribution in [0.25, 0.3) is 11.5 Å². The SMILES string of the molecule is NC(=O)NCC1CN(c2ccc(-c3ncno3)c(Cl)c2)C(=O)O1. The summed E-state index contributed by atoms with van der Waals surface area (Å²) in [4.78, 5) is 28.0. The molecule has 0 spiro atoms. The van der Waals surface area contributed by atoms with Crippen molar-refractivity contribution in [3.63, 3.8) is 0 Å². The molecule has 3 N–H and O–H groups in total. The van der Waals surface area contributed by atoms with Crippen molar-refractivity contribution in [2.45, 2.75) is 6.10 Å². The summed E-state index contributed by atoms with van der Waals surface area (Å²) in [5, 5.41) is 6.28. The minimum Gasteiger partial charge on any atom is -0.442 e. The van der Waals surface area contributed by atoms with E-state index in [0.717, 1.165) is 0 Å². The number of nitrogens with zero attached hydrogens (tertiary/aromatic N) is 3. The quantitative estimate of drug-likeness (QED) is 0.868. The van der Waals surface area contributed by atoms with Crippen LogP contribution in [0, 0.1) is 0 Å². The number of aromatic nitrogens is 2. The zero-order chi connectivity index (χ0) is 16.4. The lowest BCUT2D eigenvalue weighted by Gasteiger charge is -2.14. The first-order chi connectivity index (χ1) is 11.0. The number of hydrogen-bond donors (Lipinski definition) is 2. The number of nitrogens with one attached hydrogen (secondary N) is 1. The Bertz CT molecular complexity index is 736. The Kier molecular flexibility index (Phi) is 4.02. The fraction of sp³-hybridized carbons (Fsp3) is 0.231. The summed E-state index contributed by atoms with van der Waals surface area (Å²) in [5.41, 5.74) is 6.11. The molecule has 1 fully saturated rings. The Morgan fingerprint density at radius 2 is 2.35 bits per heavy atom. The summed E-state index contributed by atoms with van der Waals surface area (Å²) in [6.07, 6.45) is 0.264. The van der Waals surface area contributed by atoms with E-state index in [9.17, 15) is 9.59 Å². The first kappa shape index (κ1) is 15.1. The van der Waals surface area contributed by atoms with Crippen molar-refractivity contribution >= 4 is 29.4 Å². The molecule has 0 aliphatic carbocycles. The number of hydrogen-bond acceptors (Lipinski definition) is 6. The van der Waals surface area contributed by atoms with Crippen molar-refractivity contribution in [2.75, 3.05) is 18.0 Å². The molecule has 0 bridgehead atoms. The van der Waals surface area contributed by atoms with Gasteiger partial charge in [-0.1, -0.05) is 16.8 Å². The third-order valence-corrected chi connectivity index (χ3v) is 3.55. The second kappa shape index (κ2) is 6.13. The fourth-order valence-corrected chi connectivity index (χ4v) is 2.45. The maximum absolute atomic E-state index is 11.9. The smallest absolute Gasteiger partial charge is 0.414 e. The van der Waals surface area contributed by atoms with E-state index in [0.29, 0.717) is 16.3 Å². The van der Waals surface area contributed by atoms with Crippen LogP contribution in [0.1, 0.15) is 0 Å². The number of ether oxygens (including phenoxy) is 1. The third-order valence-electron chi connectivity index (χ3n) is 3.23. The van der Waals surface area contributed by atoms with Crippen LogP contribution >= 0.6 is 11.6 Å². The van der Waals surface area contributed by atoms with E-state index < -0.39 is 18.2 Å². The highest BCUT2D eigenvalue weighted by atomic mass is 35.5. The van der Waals surface area contributed by atoms with Gasteiger partial charge < -0.3 is 20.3 Å². The largest absolute Gasteiger partial charge is 0.442 e. The summed E-state index contributed by atoms with van der Waals surface area (Å²) in [7, 11) is 0. The van der Waals surface area contributed by atoms with Crippen molar-refractivity contribution in [1.82, 2.24) is 15.5 Å². The highest BCUT2D eigenvalue weighted by Crippen LogP contribution is 2.31. The summed E-state index contributed by atoms with van der Waals surface area (Å²) >= 11 is 6.21. The monoisotopic (exact) mass is 337 g/mol. The van der Waals surface area contributed by atoms with E-state index in [1.54, 1.807) is 18.2 Å². The zero-order valence-electron chi connectivity index (χ0n) is 11.7. The first-order valence-electron chi connectivity index (χ1n) is 6.62. The van der Waals surface area contributed by atoms with Gasteiger partial charge in [0.15, 0.2) is 6.33 Å². The van der Waals surface area contributed by atoms with E-state index in [4.69, 9.17) is 26.6 Å². The summed E-state index contributed by atoms with van der Waals surface area (Å²) in [6.45, 7) is 0.417. The van der Waals surface area contributed by atoms with Crippen LogP contribution in [0.4, 0.5) is 15.3 Å². The van der Waals surface area contributed by atoms with E-state index in [2.05, 4.69) is 15.5 Å². The van der Waals surface area contributed by atoms with E-state index in [1.807, 2.05) is 0 Å². The average molecular weight is 338 g/mol. The second-order valence-corrected chi connectivity index (χ2v) is 5.18. The van der Waals surface area contributed by atoms with Gasteiger partial charge in [-0.05, 0) is 18.2 Å². The number of benzene rings is 1. The van der Waals surface area contributed by atoms with Gasteiger partial charge in [-0.2, -0.15) is 4.98 Å². The molecule has 1 aliphatic rings. The van der Waals surface area contributed by atoms with E-state index in [1.165, 1.54) is 11.2 Å². The topological polar surface area (TPSA) is 124 Å². The van der Waals surface area contributed by atoms with Gasteiger partial charge in [0.1, 0.15) is 6.10 Å². The predicted octanol–water partition coefficient (Wildman–Crippen LogP) is 1.38. The van der Waals surface area contributed by atoms with Crippen molar-refractivity contribution in [3.05, 3.63) is 29.5 Å². The Balaban J connectivity index is 1.76. The number of rotatable bonds is 4. The minimum absolute atomic E-state index is 0.144. The van der Waals surface area contributed by atoms with E-state index >= 15 is 0 Å². The molecule has 0 saturated carbocycles. The number of primary amides is 1. The number of anilines is 1. The molecular weight excluding hydrogens is 326 g/mol. The summed E-state index contributed by atoms with van der Waals surface area (Å²) in [5.74, 6) is 0.286. The molecule has 3 rings (SSSR count). The predicted molar refractivity (Wildman–Crippen MR) is 79.9 cm³/mol. The molecule has 0 radical (unpaired) electrons. The molecule has 2 aromatic rings. The second-order valence-electron chi connectivity index (χ2n) is 4.77. The Labute approximate surface area is 135 Å². The molecular formula is C13H12ClN5O4. The third kappa shape index (κ3) is 3.19. The van der Waals surface area contributed by atoms with Crippen molar-refractivity contribution in [1.29, 1.82) is 0 Å². The van der Waals surface area contributed by atoms with Crippen molar-refractivity contribution in [3.8, 4) is 11.5 Å². The van der Waals surface area contributed by atoms with Crippen LogP contribution in [0.15, 0.2) is 29.0 Å². The normalized spacial score (nSPS) is 17.2. The van der Waals surface area contributed by atoms with Gasteiger partial charge in [-0.25, -0.2) is 9.59 Å². The number of carbonyl (C=O) groups is 2. The molecule has 1 atom stereocenters.